The molecular weight excluding hydrogens is 280 g/mol. The molecule has 2 rings (SSSR count). The van der Waals surface area contributed by atoms with Gasteiger partial charge < -0.3 is 9.73 Å². The molecule has 0 aliphatic heterocycles. The van der Waals surface area contributed by atoms with Gasteiger partial charge in [-0.05, 0) is 53.1 Å². The minimum atomic E-state index is 0.285. The first-order valence-electron chi connectivity index (χ1n) is 7.66. The molecule has 116 valence electrons. The standard InChI is InChI=1S/C17H26N2OS/c1-7-8-18-15(9-16-19-11(3)14(6)21-16)17-10(2)12(4)20-13(17)5/h15,18H,7-9H2,1-6H3. The Hall–Kier alpha value is -1.13. The first-order valence-corrected chi connectivity index (χ1v) is 8.48. The highest BCUT2D eigenvalue weighted by Gasteiger charge is 2.22. The molecular formula is C17H26N2OS. The molecule has 0 fully saturated rings. The van der Waals surface area contributed by atoms with Crippen molar-refractivity contribution in [2.75, 3.05) is 6.54 Å². The van der Waals surface area contributed by atoms with Crippen molar-refractivity contribution in [1.29, 1.82) is 0 Å². The van der Waals surface area contributed by atoms with Crippen molar-refractivity contribution >= 4 is 11.3 Å². The maximum Gasteiger partial charge on any atom is 0.106 e. The second kappa shape index (κ2) is 6.75. The van der Waals surface area contributed by atoms with E-state index in [0.29, 0.717) is 0 Å². The molecule has 1 unspecified atom stereocenters. The Morgan fingerprint density at radius 1 is 1.14 bits per heavy atom. The highest BCUT2D eigenvalue weighted by Crippen LogP contribution is 2.30. The van der Waals surface area contributed by atoms with E-state index in [1.807, 2.05) is 18.3 Å². The van der Waals surface area contributed by atoms with Crippen LogP contribution in [0.1, 0.15) is 57.6 Å². The smallest absolute Gasteiger partial charge is 0.106 e. The predicted octanol–water partition coefficient (Wildman–Crippen LogP) is 4.56. The van der Waals surface area contributed by atoms with Crippen LogP contribution < -0.4 is 5.32 Å². The second-order valence-electron chi connectivity index (χ2n) is 5.71. The number of thiazole rings is 1. The molecule has 0 aliphatic carbocycles. The summed E-state index contributed by atoms with van der Waals surface area (Å²) in [6.45, 7) is 13.7. The molecule has 4 heteroatoms. The first kappa shape index (κ1) is 16.2. The molecule has 2 aromatic heterocycles. The average Bonchev–Trinajstić information content (AvgIpc) is 2.86. The van der Waals surface area contributed by atoms with E-state index >= 15 is 0 Å². The molecule has 0 aliphatic rings. The van der Waals surface area contributed by atoms with E-state index in [1.54, 1.807) is 0 Å². The number of furan rings is 1. The van der Waals surface area contributed by atoms with Crippen LogP contribution in [0.3, 0.4) is 0 Å². The van der Waals surface area contributed by atoms with E-state index in [9.17, 15) is 0 Å². The molecule has 1 N–H and O–H groups in total. The summed E-state index contributed by atoms with van der Waals surface area (Å²) >= 11 is 1.81. The molecule has 3 nitrogen and oxygen atoms in total. The summed E-state index contributed by atoms with van der Waals surface area (Å²) in [5.41, 5.74) is 3.73. The van der Waals surface area contributed by atoms with Gasteiger partial charge in [-0.3, -0.25) is 0 Å². The SMILES string of the molecule is CCCNC(Cc1nc(C)c(C)s1)c1c(C)oc(C)c1C. The topological polar surface area (TPSA) is 38.1 Å². The summed E-state index contributed by atoms with van der Waals surface area (Å²) in [6.07, 6.45) is 2.06. The third-order valence-corrected chi connectivity index (χ3v) is 5.15. The third kappa shape index (κ3) is 3.55. The molecule has 0 spiro atoms. The van der Waals surface area contributed by atoms with Crippen molar-refractivity contribution < 1.29 is 4.42 Å². The van der Waals surface area contributed by atoms with Crippen LogP contribution in [0.2, 0.25) is 0 Å². The lowest BCUT2D eigenvalue weighted by molar-refractivity contribution is 0.480. The van der Waals surface area contributed by atoms with Crippen LogP contribution in [0.25, 0.3) is 0 Å². The van der Waals surface area contributed by atoms with Gasteiger partial charge in [-0.15, -0.1) is 11.3 Å². The van der Waals surface area contributed by atoms with E-state index in [4.69, 9.17) is 9.40 Å². The molecule has 2 aromatic rings. The van der Waals surface area contributed by atoms with Crippen molar-refractivity contribution in [3.63, 3.8) is 0 Å². The fourth-order valence-electron chi connectivity index (χ4n) is 2.72. The maximum absolute atomic E-state index is 5.82. The quantitative estimate of drug-likeness (QED) is 0.850. The van der Waals surface area contributed by atoms with Crippen LogP contribution >= 0.6 is 11.3 Å². The molecule has 0 saturated heterocycles. The number of aryl methyl sites for hydroxylation is 4. The van der Waals surface area contributed by atoms with Gasteiger partial charge in [0.15, 0.2) is 0 Å². The number of aromatic nitrogens is 1. The van der Waals surface area contributed by atoms with Gasteiger partial charge in [0, 0.05) is 22.9 Å². The Balaban J connectivity index is 2.29. The molecule has 0 bridgehead atoms. The molecule has 0 radical (unpaired) electrons. The van der Waals surface area contributed by atoms with Gasteiger partial charge in [0.05, 0.1) is 10.7 Å². The number of nitrogens with zero attached hydrogens (tertiary/aromatic N) is 1. The second-order valence-corrected chi connectivity index (χ2v) is 7.00. The Kier molecular flexibility index (Phi) is 5.22. The summed E-state index contributed by atoms with van der Waals surface area (Å²) < 4.78 is 5.82. The predicted molar refractivity (Wildman–Crippen MR) is 89.2 cm³/mol. The van der Waals surface area contributed by atoms with Crippen LogP contribution in [0.5, 0.6) is 0 Å². The van der Waals surface area contributed by atoms with E-state index in [1.165, 1.54) is 21.0 Å². The molecule has 0 saturated carbocycles. The Morgan fingerprint density at radius 2 is 1.86 bits per heavy atom. The first-order chi connectivity index (χ1) is 9.93. The molecule has 2 heterocycles. The van der Waals surface area contributed by atoms with E-state index in [2.05, 4.69) is 39.9 Å². The number of rotatable bonds is 6. The average molecular weight is 306 g/mol. The molecule has 0 aromatic carbocycles. The van der Waals surface area contributed by atoms with Gasteiger partial charge in [0.2, 0.25) is 0 Å². The van der Waals surface area contributed by atoms with Crippen molar-refractivity contribution in [3.8, 4) is 0 Å². The monoisotopic (exact) mass is 306 g/mol. The van der Waals surface area contributed by atoms with E-state index in [-0.39, 0.29) is 6.04 Å². The Labute approximate surface area is 131 Å². The van der Waals surface area contributed by atoms with Crippen molar-refractivity contribution in [2.24, 2.45) is 0 Å². The Morgan fingerprint density at radius 3 is 2.33 bits per heavy atom. The summed E-state index contributed by atoms with van der Waals surface area (Å²) in [7, 11) is 0. The molecule has 1 atom stereocenters. The zero-order valence-electron chi connectivity index (χ0n) is 14.0. The van der Waals surface area contributed by atoms with Gasteiger partial charge >= 0.3 is 0 Å². The third-order valence-electron chi connectivity index (χ3n) is 4.06. The van der Waals surface area contributed by atoms with Crippen LogP contribution in [0.4, 0.5) is 0 Å². The summed E-state index contributed by atoms with van der Waals surface area (Å²) in [6, 6.07) is 0.285. The number of nitrogens with one attached hydrogen (secondary N) is 1. The normalized spacial score (nSPS) is 12.9. The lowest BCUT2D eigenvalue weighted by Crippen LogP contribution is -2.25. The lowest BCUT2D eigenvalue weighted by Gasteiger charge is -2.18. The fourth-order valence-corrected chi connectivity index (χ4v) is 3.70. The number of hydrogen-bond donors (Lipinski definition) is 1. The summed E-state index contributed by atoms with van der Waals surface area (Å²) in [5.74, 6) is 2.06. The lowest BCUT2D eigenvalue weighted by atomic mass is 9.99. The maximum atomic E-state index is 5.82. The fraction of sp³-hybridized carbons (Fsp3) is 0.588. The van der Waals surface area contributed by atoms with Gasteiger partial charge in [-0.1, -0.05) is 6.92 Å². The summed E-state index contributed by atoms with van der Waals surface area (Å²) in [4.78, 5) is 6.01. The number of hydrogen-bond acceptors (Lipinski definition) is 4. The zero-order chi connectivity index (χ0) is 15.6. The highest BCUT2D eigenvalue weighted by molar-refractivity contribution is 7.11. The van der Waals surface area contributed by atoms with Gasteiger partial charge in [0.25, 0.3) is 0 Å². The van der Waals surface area contributed by atoms with Gasteiger partial charge in [-0.25, -0.2) is 4.98 Å². The van der Waals surface area contributed by atoms with Crippen LogP contribution in [-0.4, -0.2) is 11.5 Å². The summed E-state index contributed by atoms with van der Waals surface area (Å²) in [5, 5.41) is 4.87. The van der Waals surface area contributed by atoms with Crippen molar-refractivity contribution in [3.05, 3.63) is 38.2 Å². The van der Waals surface area contributed by atoms with Crippen LogP contribution in [0.15, 0.2) is 4.42 Å². The van der Waals surface area contributed by atoms with E-state index in [0.717, 1.165) is 36.6 Å². The van der Waals surface area contributed by atoms with Crippen molar-refractivity contribution in [2.45, 2.75) is 60.4 Å². The van der Waals surface area contributed by atoms with Crippen molar-refractivity contribution in [1.82, 2.24) is 10.3 Å². The van der Waals surface area contributed by atoms with E-state index < -0.39 is 0 Å². The minimum Gasteiger partial charge on any atom is -0.466 e. The van der Waals surface area contributed by atoms with Gasteiger partial charge in [-0.2, -0.15) is 0 Å². The van der Waals surface area contributed by atoms with Crippen LogP contribution in [0, 0.1) is 34.6 Å². The largest absolute Gasteiger partial charge is 0.466 e. The highest BCUT2D eigenvalue weighted by atomic mass is 32.1. The molecule has 0 amide bonds. The molecule has 21 heavy (non-hydrogen) atoms. The van der Waals surface area contributed by atoms with Gasteiger partial charge in [0.1, 0.15) is 11.5 Å². The minimum absolute atomic E-state index is 0.285. The zero-order valence-corrected chi connectivity index (χ0v) is 14.8. The van der Waals surface area contributed by atoms with Crippen LogP contribution in [-0.2, 0) is 6.42 Å². The Bertz CT molecular complexity index is 593.